The van der Waals surface area contributed by atoms with Crippen LogP contribution in [0.5, 0.6) is 0 Å². The number of pyridine rings is 1. The first-order valence-corrected chi connectivity index (χ1v) is 7.70. The van der Waals surface area contributed by atoms with E-state index in [0.29, 0.717) is 0 Å². The van der Waals surface area contributed by atoms with Crippen molar-refractivity contribution in [3.05, 3.63) is 28.7 Å². The zero-order valence-corrected chi connectivity index (χ0v) is 12.0. The van der Waals surface area contributed by atoms with Gasteiger partial charge in [-0.05, 0) is 39.0 Å². The molecule has 1 N–H and O–H groups in total. The first kappa shape index (κ1) is 14.2. The number of H-pyrrole nitrogens is 1. The van der Waals surface area contributed by atoms with Gasteiger partial charge in [-0.15, -0.1) is 0 Å². The van der Waals surface area contributed by atoms with Gasteiger partial charge in [0.2, 0.25) is 15.6 Å². The molecule has 7 heteroatoms. The number of piperidine rings is 1. The van der Waals surface area contributed by atoms with Crippen LogP contribution in [0.4, 0.5) is 0 Å². The topological polar surface area (TPSA) is 73.5 Å². The van der Waals surface area contributed by atoms with Crippen molar-refractivity contribution in [2.45, 2.75) is 23.8 Å². The van der Waals surface area contributed by atoms with Gasteiger partial charge in [0.05, 0.1) is 4.90 Å². The molecule has 0 radical (unpaired) electrons. The molecule has 0 aliphatic carbocycles. The molecule has 0 unspecified atom stereocenters. The van der Waals surface area contributed by atoms with E-state index in [2.05, 4.69) is 9.88 Å². The number of aromatic nitrogens is 1. The first-order valence-electron chi connectivity index (χ1n) is 6.26. The molecule has 0 aromatic carbocycles. The highest BCUT2D eigenvalue weighted by atomic mass is 32.2. The maximum Gasteiger partial charge on any atom is 0.247 e. The van der Waals surface area contributed by atoms with Gasteiger partial charge < -0.3 is 9.88 Å². The van der Waals surface area contributed by atoms with Gasteiger partial charge in [-0.1, -0.05) is 0 Å². The number of rotatable bonds is 3. The third-order valence-corrected chi connectivity index (χ3v) is 5.54. The van der Waals surface area contributed by atoms with E-state index in [4.69, 9.17) is 0 Å². The van der Waals surface area contributed by atoms with Gasteiger partial charge in [-0.25, -0.2) is 8.42 Å². The van der Waals surface area contributed by atoms with Gasteiger partial charge in [0.1, 0.15) is 0 Å². The highest BCUT2D eigenvalue weighted by molar-refractivity contribution is 7.89. The summed E-state index contributed by atoms with van der Waals surface area (Å²) in [7, 11) is 0.114. The van der Waals surface area contributed by atoms with E-state index >= 15 is 0 Å². The lowest BCUT2D eigenvalue weighted by atomic mass is 10.1. The summed E-state index contributed by atoms with van der Waals surface area (Å²) in [6.45, 7) is 1.80. The number of nitrogens with one attached hydrogen (secondary N) is 1. The molecule has 0 amide bonds. The van der Waals surface area contributed by atoms with E-state index in [9.17, 15) is 13.2 Å². The Morgan fingerprint density at radius 2 is 1.95 bits per heavy atom. The molecule has 106 valence electrons. The Bertz CT molecular complexity index is 568. The molecule has 2 rings (SSSR count). The summed E-state index contributed by atoms with van der Waals surface area (Å²) in [6, 6.07) is 2.60. The predicted molar refractivity (Wildman–Crippen MR) is 72.5 cm³/mol. The Balaban J connectivity index is 2.19. The van der Waals surface area contributed by atoms with Crippen LogP contribution >= 0.6 is 0 Å². The molecule has 0 atom stereocenters. The molecule has 6 nitrogen and oxygen atoms in total. The van der Waals surface area contributed by atoms with Crippen molar-refractivity contribution < 1.29 is 8.42 Å². The van der Waals surface area contributed by atoms with Crippen LogP contribution in [0.2, 0.25) is 0 Å². The normalized spacial score (nSPS) is 18.9. The van der Waals surface area contributed by atoms with Crippen molar-refractivity contribution in [2.75, 3.05) is 27.2 Å². The number of hydrogen-bond acceptors (Lipinski definition) is 4. The monoisotopic (exact) mass is 285 g/mol. The van der Waals surface area contributed by atoms with Gasteiger partial charge in [0, 0.05) is 25.4 Å². The largest absolute Gasteiger partial charge is 0.328 e. The molecule has 0 bridgehead atoms. The van der Waals surface area contributed by atoms with Gasteiger partial charge in [0.25, 0.3) is 0 Å². The Kier molecular flexibility index (Phi) is 4.07. The Labute approximate surface area is 113 Å². The van der Waals surface area contributed by atoms with Crippen molar-refractivity contribution >= 4 is 10.0 Å². The lowest BCUT2D eigenvalue weighted by Crippen LogP contribution is -2.44. The molecule has 1 saturated heterocycles. The summed E-state index contributed by atoms with van der Waals surface area (Å²) in [4.78, 5) is 15.7. The summed E-state index contributed by atoms with van der Waals surface area (Å²) < 4.78 is 26.3. The van der Waals surface area contributed by atoms with Crippen LogP contribution in [-0.4, -0.2) is 55.8 Å². The average molecular weight is 285 g/mol. The van der Waals surface area contributed by atoms with Gasteiger partial charge in [-0.2, -0.15) is 4.31 Å². The van der Waals surface area contributed by atoms with Crippen molar-refractivity contribution in [1.29, 1.82) is 0 Å². The summed E-state index contributed by atoms with van der Waals surface area (Å²) in [5, 5.41) is 0. The average Bonchev–Trinajstić information content (AvgIpc) is 2.39. The second-order valence-electron chi connectivity index (χ2n) is 4.94. The van der Waals surface area contributed by atoms with Crippen molar-refractivity contribution in [3.63, 3.8) is 0 Å². The number of nitrogens with zero attached hydrogens (tertiary/aromatic N) is 2. The lowest BCUT2D eigenvalue weighted by molar-refractivity contribution is 0.197. The Morgan fingerprint density at radius 3 is 2.47 bits per heavy atom. The first-order chi connectivity index (χ1) is 8.91. The fourth-order valence-corrected chi connectivity index (χ4v) is 3.66. The Hall–Kier alpha value is -1.18. The second kappa shape index (κ2) is 5.44. The third-order valence-electron chi connectivity index (χ3n) is 3.63. The van der Waals surface area contributed by atoms with Crippen molar-refractivity contribution in [1.82, 2.24) is 14.2 Å². The van der Waals surface area contributed by atoms with E-state index < -0.39 is 10.0 Å². The van der Waals surface area contributed by atoms with Crippen LogP contribution in [0.25, 0.3) is 0 Å². The van der Waals surface area contributed by atoms with Crippen LogP contribution in [-0.2, 0) is 10.0 Å². The standard InChI is InChI=1S/C12H19N3O3S/c1-14-7-5-10(6-8-14)15(2)19(17,18)11-3-4-12(16)13-9-11/h3-4,9-10H,5-8H2,1-2H3,(H,13,16). The summed E-state index contributed by atoms with van der Waals surface area (Å²) in [5.74, 6) is 0. The molecule has 2 heterocycles. The van der Waals surface area contributed by atoms with Gasteiger partial charge in [-0.3, -0.25) is 4.79 Å². The van der Waals surface area contributed by atoms with E-state index in [1.54, 1.807) is 7.05 Å². The molecule has 19 heavy (non-hydrogen) atoms. The maximum absolute atomic E-state index is 12.4. The van der Waals surface area contributed by atoms with Crippen LogP contribution in [0.3, 0.4) is 0 Å². The molecule has 1 aromatic rings. The minimum atomic E-state index is -3.53. The summed E-state index contributed by atoms with van der Waals surface area (Å²) in [6.07, 6.45) is 2.91. The minimum Gasteiger partial charge on any atom is -0.328 e. The quantitative estimate of drug-likeness (QED) is 0.854. The number of aromatic amines is 1. The molecular formula is C12H19N3O3S. The third kappa shape index (κ3) is 3.05. The number of sulfonamides is 1. The van der Waals surface area contributed by atoms with Gasteiger partial charge in [0.15, 0.2) is 0 Å². The fraction of sp³-hybridized carbons (Fsp3) is 0.583. The number of likely N-dealkylation sites (tertiary alicyclic amines) is 1. The van der Waals surface area contributed by atoms with E-state index in [1.165, 1.54) is 22.6 Å². The van der Waals surface area contributed by atoms with Crippen LogP contribution in [0, 0.1) is 0 Å². The highest BCUT2D eigenvalue weighted by Gasteiger charge is 2.30. The predicted octanol–water partition coefficient (Wildman–Crippen LogP) is 0.0896. The Morgan fingerprint density at radius 1 is 1.32 bits per heavy atom. The lowest BCUT2D eigenvalue weighted by Gasteiger charge is -2.34. The van der Waals surface area contributed by atoms with E-state index in [-0.39, 0.29) is 16.5 Å². The molecule has 0 saturated carbocycles. The molecular weight excluding hydrogens is 266 g/mol. The van der Waals surface area contributed by atoms with Crippen molar-refractivity contribution in [3.8, 4) is 0 Å². The van der Waals surface area contributed by atoms with Crippen LogP contribution in [0.1, 0.15) is 12.8 Å². The smallest absolute Gasteiger partial charge is 0.247 e. The molecule has 1 aliphatic heterocycles. The molecule has 1 aliphatic rings. The zero-order valence-electron chi connectivity index (χ0n) is 11.2. The number of hydrogen-bond donors (Lipinski definition) is 1. The van der Waals surface area contributed by atoms with E-state index in [1.807, 2.05) is 7.05 Å². The molecule has 0 spiro atoms. The second-order valence-corrected chi connectivity index (χ2v) is 6.94. The zero-order chi connectivity index (χ0) is 14.0. The maximum atomic E-state index is 12.4. The van der Waals surface area contributed by atoms with Crippen molar-refractivity contribution in [2.24, 2.45) is 0 Å². The summed E-state index contributed by atoms with van der Waals surface area (Å²) in [5.41, 5.74) is -0.305. The molecule has 1 aromatic heterocycles. The fourth-order valence-electron chi connectivity index (χ4n) is 2.28. The summed E-state index contributed by atoms with van der Waals surface area (Å²) >= 11 is 0. The van der Waals surface area contributed by atoms with Crippen LogP contribution in [0.15, 0.2) is 28.0 Å². The SMILES string of the molecule is CN1CCC(N(C)S(=O)(=O)c2ccc(=O)[nH]c2)CC1. The molecule has 1 fully saturated rings. The van der Waals surface area contributed by atoms with Crippen LogP contribution < -0.4 is 5.56 Å². The van der Waals surface area contributed by atoms with Gasteiger partial charge >= 0.3 is 0 Å². The van der Waals surface area contributed by atoms with E-state index in [0.717, 1.165) is 25.9 Å². The highest BCUT2D eigenvalue weighted by Crippen LogP contribution is 2.21. The minimum absolute atomic E-state index is 0.0214.